The zero-order valence-electron chi connectivity index (χ0n) is 17.3. The van der Waals surface area contributed by atoms with Crippen LogP contribution >= 0.6 is 0 Å². The minimum absolute atomic E-state index is 0.0807. The molecule has 30 heavy (non-hydrogen) atoms. The average Bonchev–Trinajstić information content (AvgIpc) is 3.35. The van der Waals surface area contributed by atoms with Crippen molar-refractivity contribution in [2.45, 2.75) is 44.3 Å². The Labute approximate surface area is 176 Å². The molecule has 2 aromatic carbocycles. The van der Waals surface area contributed by atoms with Gasteiger partial charge in [0, 0.05) is 44.3 Å². The molecule has 1 aromatic heterocycles. The van der Waals surface area contributed by atoms with Crippen LogP contribution in [-0.2, 0) is 6.54 Å². The number of nitrogens with zero attached hydrogens (tertiary/aromatic N) is 4. The van der Waals surface area contributed by atoms with E-state index in [1.165, 1.54) is 25.3 Å². The van der Waals surface area contributed by atoms with Crippen molar-refractivity contribution in [2.75, 3.05) is 20.1 Å². The van der Waals surface area contributed by atoms with Crippen LogP contribution in [-0.4, -0.2) is 57.5 Å². The van der Waals surface area contributed by atoms with Crippen LogP contribution in [0.5, 0.6) is 0 Å². The van der Waals surface area contributed by atoms with Crippen LogP contribution in [0, 0.1) is 5.82 Å². The number of para-hydroxylation sites is 1. The topological polar surface area (TPSA) is 41.4 Å². The lowest BCUT2D eigenvalue weighted by molar-refractivity contribution is 0.0720. The number of carbonyl (C=O) groups is 1. The summed E-state index contributed by atoms with van der Waals surface area (Å²) in [4.78, 5) is 21.6. The Morgan fingerprint density at radius 2 is 1.97 bits per heavy atom. The molecule has 0 radical (unpaired) electrons. The van der Waals surface area contributed by atoms with Crippen LogP contribution in [0.1, 0.15) is 41.6 Å². The number of hydrogen-bond acceptors (Lipinski definition) is 3. The van der Waals surface area contributed by atoms with Gasteiger partial charge in [0.2, 0.25) is 0 Å². The van der Waals surface area contributed by atoms with Gasteiger partial charge < -0.3 is 9.47 Å². The molecule has 5 nitrogen and oxygen atoms in total. The summed E-state index contributed by atoms with van der Waals surface area (Å²) < 4.78 is 15.8. The molecular weight excluding hydrogens is 379 g/mol. The van der Waals surface area contributed by atoms with Crippen LogP contribution < -0.4 is 0 Å². The molecule has 2 fully saturated rings. The number of carbonyl (C=O) groups excluding carboxylic acids is 1. The minimum atomic E-state index is -0.307. The SMILES string of the molecule is CN(C(=O)c1ccc(Cn2cnc3c(F)cccc32)cc1)C1CCN(C2CCC2)C1. The molecule has 5 rings (SSSR count). The molecule has 2 heterocycles. The highest BCUT2D eigenvalue weighted by molar-refractivity contribution is 5.94. The van der Waals surface area contributed by atoms with E-state index in [1.807, 2.05) is 46.8 Å². The monoisotopic (exact) mass is 406 g/mol. The Morgan fingerprint density at radius 3 is 2.70 bits per heavy atom. The molecule has 1 saturated heterocycles. The second-order valence-corrected chi connectivity index (χ2v) is 8.62. The van der Waals surface area contributed by atoms with E-state index in [-0.39, 0.29) is 11.7 Å². The number of aromatic nitrogens is 2. The number of benzene rings is 2. The molecule has 1 amide bonds. The number of imidazole rings is 1. The summed E-state index contributed by atoms with van der Waals surface area (Å²) >= 11 is 0. The third kappa shape index (κ3) is 3.49. The average molecular weight is 407 g/mol. The van der Waals surface area contributed by atoms with Crippen molar-refractivity contribution < 1.29 is 9.18 Å². The molecule has 3 aromatic rings. The smallest absolute Gasteiger partial charge is 0.253 e. The zero-order valence-corrected chi connectivity index (χ0v) is 17.3. The summed E-state index contributed by atoms with van der Waals surface area (Å²) in [6.07, 6.45) is 6.68. The van der Waals surface area contributed by atoms with Gasteiger partial charge in [-0.3, -0.25) is 9.69 Å². The predicted molar refractivity (Wildman–Crippen MR) is 115 cm³/mol. The van der Waals surface area contributed by atoms with E-state index in [0.29, 0.717) is 23.7 Å². The van der Waals surface area contributed by atoms with E-state index in [1.54, 1.807) is 12.4 Å². The summed E-state index contributed by atoms with van der Waals surface area (Å²) in [6, 6.07) is 13.8. The van der Waals surface area contributed by atoms with Crippen LogP contribution in [0.15, 0.2) is 48.8 Å². The molecule has 6 heteroatoms. The van der Waals surface area contributed by atoms with Crippen LogP contribution in [0.2, 0.25) is 0 Å². The van der Waals surface area contributed by atoms with Crippen molar-refractivity contribution in [2.24, 2.45) is 0 Å². The van der Waals surface area contributed by atoms with Gasteiger partial charge in [-0.2, -0.15) is 0 Å². The highest BCUT2D eigenvalue weighted by atomic mass is 19.1. The van der Waals surface area contributed by atoms with E-state index in [0.717, 1.165) is 36.6 Å². The largest absolute Gasteiger partial charge is 0.337 e. The number of likely N-dealkylation sites (tertiary alicyclic amines) is 1. The van der Waals surface area contributed by atoms with Gasteiger partial charge in [0.25, 0.3) is 5.91 Å². The highest BCUT2D eigenvalue weighted by Crippen LogP contribution is 2.29. The minimum Gasteiger partial charge on any atom is -0.337 e. The number of halogens is 1. The molecule has 0 spiro atoms. The first kappa shape index (κ1) is 19.2. The van der Waals surface area contributed by atoms with Gasteiger partial charge in [-0.1, -0.05) is 24.6 Å². The lowest BCUT2D eigenvalue weighted by Crippen LogP contribution is -2.43. The Balaban J connectivity index is 1.25. The van der Waals surface area contributed by atoms with Gasteiger partial charge in [-0.25, -0.2) is 9.37 Å². The van der Waals surface area contributed by atoms with Gasteiger partial charge in [-0.15, -0.1) is 0 Å². The van der Waals surface area contributed by atoms with E-state index in [2.05, 4.69) is 9.88 Å². The number of hydrogen-bond donors (Lipinski definition) is 0. The summed E-state index contributed by atoms with van der Waals surface area (Å²) in [5.74, 6) is -0.227. The Hall–Kier alpha value is -2.73. The maximum atomic E-state index is 13.9. The standard InChI is InChI=1S/C24H27FN4O/c1-27(20-12-13-28(15-20)19-4-2-5-19)24(30)18-10-8-17(9-11-18)14-29-16-26-23-21(25)6-3-7-22(23)29/h3,6-11,16,19-20H,2,4-5,12-15H2,1H3. The van der Waals surface area contributed by atoms with Crippen molar-refractivity contribution in [3.8, 4) is 0 Å². The maximum absolute atomic E-state index is 13.9. The predicted octanol–water partition coefficient (Wildman–Crippen LogP) is 3.92. The fourth-order valence-electron chi connectivity index (χ4n) is 4.67. The van der Waals surface area contributed by atoms with Crippen molar-refractivity contribution in [1.82, 2.24) is 19.4 Å². The molecule has 0 bridgehead atoms. The van der Waals surface area contributed by atoms with Crippen molar-refractivity contribution >= 4 is 16.9 Å². The van der Waals surface area contributed by atoms with E-state index >= 15 is 0 Å². The number of likely N-dealkylation sites (N-methyl/N-ethyl adjacent to an activating group) is 1. The van der Waals surface area contributed by atoms with Gasteiger partial charge in [0.15, 0.2) is 5.82 Å². The third-order valence-corrected chi connectivity index (χ3v) is 6.81. The van der Waals surface area contributed by atoms with Crippen LogP contribution in [0.4, 0.5) is 4.39 Å². The second kappa shape index (κ2) is 7.84. The Kier molecular flexibility index (Phi) is 5.03. The number of amides is 1. The molecule has 1 unspecified atom stereocenters. The first-order chi connectivity index (χ1) is 14.6. The van der Waals surface area contributed by atoms with Gasteiger partial charge >= 0.3 is 0 Å². The number of rotatable bonds is 5. The van der Waals surface area contributed by atoms with Crippen LogP contribution in [0.3, 0.4) is 0 Å². The van der Waals surface area contributed by atoms with Crippen LogP contribution in [0.25, 0.3) is 11.0 Å². The van der Waals surface area contributed by atoms with E-state index in [4.69, 9.17) is 0 Å². The van der Waals surface area contributed by atoms with Crippen molar-refractivity contribution in [3.63, 3.8) is 0 Å². The van der Waals surface area contributed by atoms with Crippen molar-refractivity contribution in [1.29, 1.82) is 0 Å². The molecule has 1 atom stereocenters. The molecule has 1 aliphatic heterocycles. The van der Waals surface area contributed by atoms with Gasteiger partial charge in [0.05, 0.1) is 11.8 Å². The first-order valence-electron chi connectivity index (χ1n) is 10.8. The maximum Gasteiger partial charge on any atom is 0.253 e. The molecular formula is C24H27FN4O. The molecule has 2 aliphatic rings. The Morgan fingerprint density at radius 1 is 1.17 bits per heavy atom. The Bertz CT molecular complexity index is 1060. The van der Waals surface area contributed by atoms with Gasteiger partial charge in [0.1, 0.15) is 5.52 Å². The first-order valence-corrected chi connectivity index (χ1v) is 10.8. The fourth-order valence-corrected chi connectivity index (χ4v) is 4.67. The quantitative estimate of drug-likeness (QED) is 0.645. The zero-order chi connectivity index (χ0) is 20.7. The summed E-state index contributed by atoms with van der Waals surface area (Å²) in [6.45, 7) is 2.68. The molecule has 1 aliphatic carbocycles. The van der Waals surface area contributed by atoms with E-state index < -0.39 is 0 Å². The van der Waals surface area contributed by atoms with Crippen molar-refractivity contribution in [3.05, 3.63) is 65.7 Å². The summed E-state index contributed by atoms with van der Waals surface area (Å²) in [5.41, 5.74) is 2.92. The summed E-state index contributed by atoms with van der Waals surface area (Å²) in [5, 5.41) is 0. The van der Waals surface area contributed by atoms with Gasteiger partial charge in [-0.05, 0) is 49.1 Å². The normalized spacial score (nSPS) is 19.9. The lowest BCUT2D eigenvalue weighted by Gasteiger charge is -2.35. The highest BCUT2D eigenvalue weighted by Gasteiger charge is 2.34. The fraction of sp³-hybridized carbons (Fsp3) is 0.417. The molecule has 1 saturated carbocycles. The second-order valence-electron chi connectivity index (χ2n) is 8.62. The number of fused-ring (bicyclic) bond motifs is 1. The van der Waals surface area contributed by atoms with E-state index in [9.17, 15) is 9.18 Å². The third-order valence-electron chi connectivity index (χ3n) is 6.81. The molecule has 0 N–H and O–H groups in total. The molecule has 156 valence electrons. The summed E-state index contributed by atoms with van der Waals surface area (Å²) in [7, 11) is 1.93. The lowest BCUT2D eigenvalue weighted by atomic mass is 9.92.